The molecule has 138 valence electrons. The van der Waals surface area contributed by atoms with Crippen molar-refractivity contribution >= 4 is 22.9 Å². The van der Waals surface area contributed by atoms with Crippen LogP contribution in [0.4, 0.5) is 11.4 Å². The fourth-order valence-corrected chi connectivity index (χ4v) is 4.24. The molecule has 6 nitrogen and oxygen atoms in total. The number of para-hydroxylation sites is 2. The smallest absolute Gasteiger partial charge is 0.253 e. The molecule has 0 unspecified atom stereocenters. The second-order valence-electron chi connectivity index (χ2n) is 7.57. The summed E-state index contributed by atoms with van der Waals surface area (Å²) >= 11 is 0. The summed E-state index contributed by atoms with van der Waals surface area (Å²) in [5.41, 5.74) is 4.43. The number of rotatable bonds is 2. The quantitative estimate of drug-likeness (QED) is 0.737. The minimum Gasteiger partial charge on any atom is -0.369 e. The Morgan fingerprint density at radius 2 is 1.93 bits per heavy atom. The van der Waals surface area contributed by atoms with Crippen molar-refractivity contribution < 1.29 is 4.79 Å². The molecule has 1 fully saturated rings. The van der Waals surface area contributed by atoms with Gasteiger partial charge in [0.1, 0.15) is 11.2 Å². The monoisotopic (exact) mass is 361 g/mol. The third-order valence-corrected chi connectivity index (χ3v) is 5.65. The number of aryl methyl sites for hydroxylation is 1. The molecular weight excluding hydrogens is 338 g/mol. The number of amides is 1. The summed E-state index contributed by atoms with van der Waals surface area (Å²) in [6, 6.07) is 12.1. The van der Waals surface area contributed by atoms with Crippen LogP contribution in [-0.2, 0) is 11.3 Å². The van der Waals surface area contributed by atoms with Crippen LogP contribution in [0.3, 0.4) is 0 Å². The molecule has 2 N–H and O–H groups in total. The third-order valence-electron chi connectivity index (χ3n) is 5.65. The van der Waals surface area contributed by atoms with Gasteiger partial charge in [0.2, 0.25) is 0 Å². The predicted molar refractivity (Wildman–Crippen MR) is 106 cm³/mol. The Balaban J connectivity index is 1.55. The molecule has 0 radical (unpaired) electrons. The van der Waals surface area contributed by atoms with E-state index in [0.717, 1.165) is 48.6 Å². The van der Waals surface area contributed by atoms with E-state index in [1.54, 1.807) is 0 Å². The van der Waals surface area contributed by atoms with Crippen LogP contribution in [0.1, 0.15) is 24.1 Å². The number of hydrogen-bond donors (Lipinski definition) is 2. The Labute approximate surface area is 158 Å². The lowest BCUT2D eigenvalue weighted by Crippen LogP contribution is -2.61. The summed E-state index contributed by atoms with van der Waals surface area (Å²) in [6.07, 6.45) is 5.67. The summed E-state index contributed by atoms with van der Waals surface area (Å²) in [5.74, 6) is 0.149. The topological polar surface area (TPSA) is 61.7 Å². The first-order chi connectivity index (χ1) is 13.1. The molecule has 2 aliphatic rings. The van der Waals surface area contributed by atoms with Crippen molar-refractivity contribution in [2.45, 2.75) is 31.8 Å². The maximum atomic E-state index is 13.5. The fraction of sp³-hybridized carbons (Fsp3) is 0.333. The van der Waals surface area contributed by atoms with E-state index in [9.17, 15) is 4.79 Å². The van der Waals surface area contributed by atoms with Crippen LogP contribution in [0.2, 0.25) is 0 Å². The fourth-order valence-electron chi connectivity index (χ4n) is 4.24. The van der Waals surface area contributed by atoms with E-state index < -0.39 is 5.54 Å². The molecule has 0 bridgehead atoms. The van der Waals surface area contributed by atoms with Gasteiger partial charge in [0, 0.05) is 12.4 Å². The standard InChI is InChI=1S/C21H23N5O/c1-15-6-7-19-23-16(13-25(19)12-15)14-26-18-5-3-2-4-17(18)24-21(20(26)27)8-10-22-11-9-21/h2-7,12-13,22,24H,8-11,14H2,1H3. The second kappa shape index (κ2) is 6.09. The van der Waals surface area contributed by atoms with Gasteiger partial charge in [-0.1, -0.05) is 18.2 Å². The molecule has 0 aliphatic carbocycles. The molecule has 4 heterocycles. The number of fused-ring (bicyclic) bond motifs is 2. The first-order valence-electron chi connectivity index (χ1n) is 9.49. The van der Waals surface area contributed by atoms with Gasteiger partial charge in [-0.3, -0.25) is 4.79 Å². The number of carbonyl (C=O) groups excluding carboxylic acids is 1. The highest BCUT2D eigenvalue weighted by Crippen LogP contribution is 2.39. The normalized spacial score (nSPS) is 18.6. The zero-order chi connectivity index (χ0) is 18.4. The third kappa shape index (κ3) is 2.68. The maximum absolute atomic E-state index is 13.5. The van der Waals surface area contributed by atoms with E-state index in [2.05, 4.69) is 35.9 Å². The molecule has 1 spiro atoms. The van der Waals surface area contributed by atoms with Gasteiger partial charge in [-0.05, 0) is 56.6 Å². The predicted octanol–water partition coefficient (Wildman–Crippen LogP) is 2.72. The van der Waals surface area contributed by atoms with Crippen molar-refractivity contribution in [2.24, 2.45) is 0 Å². The molecule has 3 aromatic rings. The summed E-state index contributed by atoms with van der Waals surface area (Å²) in [6.45, 7) is 4.24. The van der Waals surface area contributed by atoms with Crippen molar-refractivity contribution in [1.29, 1.82) is 0 Å². The lowest BCUT2D eigenvalue weighted by molar-refractivity contribution is -0.124. The maximum Gasteiger partial charge on any atom is 0.253 e. The van der Waals surface area contributed by atoms with Gasteiger partial charge in [0.15, 0.2) is 0 Å². The highest BCUT2D eigenvalue weighted by molar-refractivity contribution is 6.07. The van der Waals surface area contributed by atoms with Crippen LogP contribution < -0.4 is 15.5 Å². The summed E-state index contributed by atoms with van der Waals surface area (Å²) in [7, 11) is 0. The lowest BCUT2D eigenvalue weighted by Gasteiger charge is -2.45. The largest absolute Gasteiger partial charge is 0.369 e. The van der Waals surface area contributed by atoms with Crippen LogP contribution >= 0.6 is 0 Å². The zero-order valence-corrected chi connectivity index (χ0v) is 15.4. The van der Waals surface area contributed by atoms with E-state index in [0.29, 0.717) is 6.54 Å². The van der Waals surface area contributed by atoms with Gasteiger partial charge in [-0.2, -0.15) is 0 Å². The highest BCUT2D eigenvalue weighted by atomic mass is 16.2. The van der Waals surface area contributed by atoms with Crippen molar-refractivity contribution in [2.75, 3.05) is 23.3 Å². The lowest BCUT2D eigenvalue weighted by atomic mass is 9.84. The first-order valence-corrected chi connectivity index (χ1v) is 9.49. The number of imidazole rings is 1. The van der Waals surface area contributed by atoms with Gasteiger partial charge in [-0.25, -0.2) is 4.98 Å². The van der Waals surface area contributed by atoms with Crippen LogP contribution in [0, 0.1) is 6.92 Å². The Kier molecular flexibility index (Phi) is 3.68. The van der Waals surface area contributed by atoms with Gasteiger partial charge in [-0.15, -0.1) is 0 Å². The molecule has 0 atom stereocenters. The number of aromatic nitrogens is 2. The van der Waals surface area contributed by atoms with Crippen molar-refractivity contribution in [3.63, 3.8) is 0 Å². The number of benzene rings is 1. The zero-order valence-electron chi connectivity index (χ0n) is 15.4. The molecule has 1 amide bonds. The van der Waals surface area contributed by atoms with Gasteiger partial charge in [0.25, 0.3) is 5.91 Å². The number of piperidine rings is 1. The second-order valence-corrected chi connectivity index (χ2v) is 7.57. The molecule has 1 saturated heterocycles. The molecular formula is C21H23N5O. The van der Waals surface area contributed by atoms with Crippen LogP contribution in [0.5, 0.6) is 0 Å². The minimum absolute atomic E-state index is 0.149. The number of carbonyl (C=O) groups is 1. The number of anilines is 2. The molecule has 1 aromatic carbocycles. The average molecular weight is 361 g/mol. The minimum atomic E-state index is -0.519. The van der Waals surface area contributed by atoms with E-state index in [4.69, 9.17) is 4.98 Å². The molecule has 5 rings (SSSR count). The summed E-state index contributed by atoms with van der Waals surface area (Å²) in [4.78, 5) is 20.2. The van der Waals surface area contributed by atoms with E-state index in [1.165, 1.54) is 5.56 Å². The van der Waals surface area contributed by atoms with Crippen LogP contribution in [-0.4, -0.2) is 33.9 Å². The Hall–Kier alpha value is -2.86. The number of hydrogen-bond acceptors (Lipinski definition) is 4. The number of pyridine rings is 1. The first kappa shape index (κ1) is 16.3. The molecule has 2 aliphatic heterocycles. The van der Waals surface area contributed by atoms with Crippen LogP contribution in [0.25, 0.3) is 5.65 Å². The van der Waals surface area contributed by atoms with Gasteiger partial charge < -0.3 is 19.9 Å². The van der Waals surface area contributed by atoms with Crippen molar-refractivity contribution in [3.8, 4) is 0 Å². The van der Waals surface area contributed by atoms with Crippen molar-refractivity contribution in [3.05, 3.63) is 60.0 Å². The highest BCUT2D eigenvalue weighted by Gasteiger charge is 2.46. The van der Waals surface area contributed by atoms with E-state index in [1.807, 2.05) is 39.8 Å². The van der Waals surface area contributed by atoms with Gasteiger partial charge >= 0.3 is 0 Å². The van der Waals surface area contributed by atoms with Crippen molar-refractivity contribution in [1.82, 2.24) is 14.7 Å². The SMILES string of the molecule is Cc1ccc2nc(CN3C(=O)C4(CCNCC4)Nc4ccccc43)cn2c1. The number of nitrogens with zero attached hydrogens (tertiary/aromatic N) is 3. The molecule has 0 saturated carbocycles. The summed E-state index contributed by atoms with van der Waals surface area (Å²) in [5, 5.41) is 6.92. The number of nitrogens with one attached hydrogen (secondary N) is 2. The van der Waals surface area contributed by atoms with E-state index in [-0.39, 0.29) is 5.91 Å². The van der Waals surface area contributed by atoms with Gasteiger partial charge in [0.05, 0.1) is 23.6 Å². The average Bonchev–Trinajstić information content (AvgIpc) is 3.08. The Morgan fingerprint density at radius 3 is 2.78 bits per heavy atom. The molecule has 27 heavy (non-hydrogen) atoms. The Morgan fingerprint density at radius 1 is 1.11 bits per heavy atom. The summed E-state index contributed by atoms with van der Waals surface area (Å²) < 4.78 is 2.03. The molecule has 6 heteroatoms. The molecule has 2 aromatic heterocycles. The van der Waals surface area contributed by atoms with E-state index >= 15 is 0 Å². The van der Waals surface area contributed by atoms with Crippen LogP contribution in [0.15, 0.2) is 48.8 Å². The Bertz CT molecular complexity index is 1020.